The van der Waals surface area contributed by atoms with Crippen molar-refractivity contribution in [2.24, 2.45) is 11.8 Å². The van der Waals surface area contributed by atoms with E-state index in [4.69, 9.17) is 0 Å². The second-order valence-electron chi connectivity index (χ2n) is 8.74. The molecule has 176 valence electrons. The minimum absolute atomic E-state index is 0.182. The number of rotatable bonds is 7. The van der Waals surface area contributed by atoms with Gasteiger partial charge in [-0.05, 0) is 67.1 Å². The van der Waals surface area contributed by atoms with Crippen molar-refractivity contribution in [3.8, 4) is 0 Å². The summed E-state index contributed by atoms with van der Waals surface area (Å²) in [6.07, 6.45) is 1.01. The monoisotopic (exact) mass is 457 g/mol. The van der Waals surface area contributed by atoms with Crippen LogP contribution in [0.5, 0.6) is 0 Å². The Morgan fingerprint density at radius 2 is 1.64 bits per heavy atom. The minimum atomic E-state index is -0.785. The van der Waals surface area contributed by atoms with Gasteiger partial charge in [0.25, 0.3) is 11.8 Å². The van der Waals surface area contributed by atoms with Gasteiger partial charge in [-0.2, -0.15) is 0 Å². The Hall–Kier alpha value is -3.29. The van der Waals surface area contributed by atoms with Crippen molar-refractivity contribution in [2.75, 3.05) is 19.6 Å². The van der Waals surface area contributed by atoms with Gasteiger partial charge >= 0.3 is 0 Å². The van der Waals surface area contributed by atoms with E-state index in [1.54, 1.807) is 11.0 Å². The van der Waals surface area contributed by atoms with Crippen LogP contribution in [-0.4, -0.2) is 48.3 Å². The van der Waals surface area contributed by atoms with Crippen molar-refractivity contribution in [3.05, 3.63) is 71.3 Å². The van der Waals surface area contributed by atoms with E-state index in [9.17, 15) is 23.2 Å². The molecule has 2 aromatic rings. The first kappa shape index (κ1) is 24.4. The summed E-state index contributed by atoms with van der Waals surface area (Å²) < 4.78 is 26.7. The van der Waals surface area contributed by atoms with Gasteiger partial charge in [0.15, 0.2) is 0 Å². The molecule has 2 N–H and O–H groups in total. The normalized spacial score (nSPS) is 15.2. The molecular formula is C25H29F2N3O3. The van der Waals surface area contributed by atoms with Crippen LogP contribution in [0.3, 0.4) is 0 Å². The van der Waals surface area contributed by atoms with Crippen LogP contribution in [0, 0.1) is 23.5 Å². The standard InChI is InChI=1S/C25H29F2N3O3/c1-16(2)15-28-24(32)22(29-23(31)18-6-8-20(26)9-7-18)17-10-12-30(13-11-17)25(33)19-4-3-5-21(27)14-19/h3-9,14,16-17,22H,10-13,15H2,1-2H3,(H,28,32)(H,29,31). The Morgan fingerprint density at radius 3 is 2.24 bits per heavy atom. The van der Waals surface area contributed by atoms with Crippen molar-refractivity contribution in [1.82, 2.24) is 15.5 Å². The largest absolute Gasteiger partial charge is 0.354 e. The third kappa shape index (κ3) is 6.60. The molecule has 0 aliphatic carbocycles. The summed E-state index contributed by atoms with van der Waals surface area (Å²) in [5.41, 5.74) is 0.543. The Bertz CT molecular complexity index is 987. The smallest absolute Gasteiger partial charge is 0.253 e. The molecule has 0 aromatic heterocycles. The predicted molar refractivity (Wildman–Crippen MR) is 121 cm³/mol. The molecule has 1 unspecified atom stereocenters. The zero-order valence-electron chi connectivity index (χ0n) is 18.8. The highest BCUT2D eigenvalue weighted by Crippen LogP contribution is 2.23. The number of halogens is 2. The summed E-state index contributed by atoms with van der Waals surface area (Å²) >= 11 is 0. The Kier molecular flexibility index (Phi) is 8.14. The third-order valence-corrected chi connectivity index (χ3v) is 5.73. The van der Waals surface area contributed by atoms with Gasteiger partial charge in [-0.15, -0.1) is 0 Å². The lowest BCUT2D eigenvalue weighted by atomic mass is 9.88. The van der Waals surface area contributed by atoms with Crippen LogP contribution < -0.4 is 10.6 Å². The number of hydrogen-bond donors (Lipinski definition) is 2. The van der Waals surface area contributed by atoms with E-state index < -0.39 is 23.6 Å². The number of nitrogens with one attached hydrogen (secondary N) is 2. The first-order valence-corrected chi connectivity index (χ1v) is 11.1. The predicted octanol–water partition coefficient (Wildman–Crippen LogP) is 3.39. The first-order chi connectivity index (χ1) is 15.7. The summed E-state index contributed by atoms with van der Waals surface area (Å²) in [6.45, 7) is 5.20. The molecule has 0 radical (unpaired) electrons. The molecule has 6 nitrogen and oxygen atoms in total. The number of carbonyl (C=O) groups excluding carboxylic acids is 3. The maximum atomic E-state index is 13.5. The molecule has 3 amide bonds. The van der Waals surface area contributed by atoms with Crippen LogP contribution in [-0.2, 0) is 4.79 Å². The third-order valence-electron chi connectivity index (χ3n) is 5.73. The zero-order valence-corrected chi connectivity index (χ0v) is 18.8. The van der Waals surface area contributed by atoms with Crippen LogP contribution in [0.2, 0.25) is 0 Å². The molecule has 1 atom stereocenters. The lowest BCUT2D eigenvalue weighted by Crippen LogP contribution is -2.54. The number of benzene rings is 2. The Labute approximate surface area is 192 Å². The SMILES string of the molecule is CC(C)CNC(=O)C(NC(=O)c1ccc(F)cc1)C1CCN(C(=O)c2cccc(F)c2)CC1. The number of hydrogen-bond acceptors (Lipinski definition) is 3. The van der Waals surface area contributed by atoms with Crippen molar-refractivity contribution in [2.45, 2.75) is 32.7 Å². The van der Waals surface area contributed by atoms with Gasteiger partial charge in [-0.1, -0.05) is 19.9 Å². The average molecular weight is 458 g/mol. The summed E-state index contributed by atoms with van der Waals surface area (Å²) in [4.78, 5) is 40.0. The lowest BCUT2D eigenvalue weighted by molar-refractivity contribution is -0.124. The van der Waals surface area contributed by atoms with E-state index in [0.29, 0.717) is 32.5 Å². The summed E-state index contributed by atoms with van der Waals surface area (Å²) in [7, 11) is 0. The van der Waals surface area contributed by atoms with Gasteiger partial charge in [-0.3, -0.25) is 14.4 Å². The molecule has 1 aliphatic rings. The fourth-order valence-electron chi connectivity index (χ4n) is 3.88. The first-order valence-electron chi connectivity index (χ1n) is 11.1. The maximum Gasteiger partial charge on any atom is 0.253 e. The molecule has 33 heavy (non-hydrogen) atoms. The number of likely N-dealkylation sites (tertiary alicyclic amines) is 1. The van der Waals surface area contributed by atoms with Crippen molar-refractivity contribution < 1.29 is 23.2 Å². The van der Waals surface area contributed by atoms with Crippen molar-refractivity contribution in [1.29, 1.82) is 0 Å². The fourth-order valence-corrected chi connectivity index (χ4v) is 3.88. The number of amides is 3. The number of carbonyl (C=O) groups is 3. The molecule has 8 heteroatoms. The number of nitrogens with zero attached hydrogens (tertiary/aromatic N) is 1. The van der Waals surface area contributed by atoms with Crippen LogP contribution in [0.4, 0.5) is 8.78 Å². The van der Waals surface area contributed by atoms with Gasteiger partial charge < -0.3 is 15.5 Å². The van der Waals surface area contributed by atoms with Crippen molar-refractivity contribution in [3.63, 3.8) is 0 Å². The highest BCUT2D eigenvalue weighted by molar-refractivity contribution is 5.97. The molecule has 1 saturated heterocycles. The molecule has 0 saturated carbocycles. The zero-order chi connectivity index (χ0) is 24.0. The van der Waals surface area contributed by atoms with Gasteiger partial charge in [-0.25, -0.2) is 8.78 Å². The van der Waals surface area contributed by atoms with Crippen molar-refractivity contribution >= 4 is 17.7 Å². The summed E-state index contributed by atoms with van der Waals surface area (Å²) in [5.74, 6) is -1.86. The molecule has 1 aliphatic heterocycles. The quantitative estimate of drug-likeness (QED) is 0.669. The summed E-state index contributed by atoms with van der Waals surface area (Å²) in [6, 6.07) is 9.90. The average Bonchev–Trinajstić information content (AvgIpc) is 2.81. The molecule has 2 aromatic carbocycles. The molecule has 1 heterocycles. The fraction of sp³-hybridized carbons (Fsp3) is 0.400. The highest BCUT2D eigenvalue weighted by atomic mass is 19.1. The van der Waals surface area contributed by atoms with E-state index in [0.717, 1.165) is 0 Å². The maximum absolute atomic E-state index is 13.5. The second-order valence-corrected chi connectivity index (χ2v) is 8.74. The minimum Gasteiger partial charge on any atom is -0.354 e. The topological polar surface area (TPSA) is 78.5 Å². The van der Waals surface area contributed by atoms with Crippen LogP contribution in [0.25, 0.3) is 0 Å². The van der Waals surface area contributed by atoms with Crippen LogP contribution in [0.15, 0.2) is 48.5 Å². The van der Waals surface area contributed by atoms with E-state index in [1.165, 1.54) is 42.5 Å². The van der Waals surface area contributed by atoms with E-state index in [1.807, 2.05) is 13.8 Å². The Balaban J connectivity index is 1.68. The van der Waals surface area contributed by atoms with Crippen LogP contribution in [0.1, 0.15) is 47.4 Å². The van der Waals surface area contributed by atoms with Gasteiger partial charge in [0.1, 0.15) is 17.7 Å². The van der Waals surface area contributed by atoms with E-state index >= 15 is 0 Å². The highest BCUT2D eigenvalue weighted by Gasteiger charge is 2.34. The second kappa shape index (κ2) is 11.0. The summed E-state index contributed by atoms with van der Waals surface area (Å²) in [5, 5.41) is 5.68. The van der Waals surface area contributed by atoms with Gasteiger partial charge in [0.2, 0.25) is 5.91 Å². The van der Waals surface area contributed by atoms with Gasteiger partial charge in [0.05, 0.1) is 0 Å². The van der Waals surface area contributed by atoms with Crippen LogP contribution >= 0.6 is 0 Å². The molecule has 0 spiro atoms. The molecule has 0 bridgehead atoms. The van der Waals surface area contributed by atoms with E-state index in [2.05, 4.69) is 10.6 Å². The molecule has 1 fully saturated rings. The molecule has 3 rings (SSSR count). The molecular weight excluding hydrogens is 428 g/mol. The van der Waals surface area contributed by atoms with Gasteiger partial charge in [0, 0.05) is 30.8 Å². The lowest BCUT2D eigenvalue weighted by Gasteiger charge is -2.36. The Morgan fingerprint density at radius 1 is 0.970 bits per heavy atom. The number of piperidine rings is 1. The van der Waals surface area contributed by atoms with E-state index in [-0.39, 0.29) is 34.8 Å².